The second kappa shape index (κ2) is 15.8. The highest BCUT2D eigenvalue weighted by Crippen LogP contribution is 2.29. The van der Waals surface area contributed by atoms with Crippen LogP contribution in [0.15, 0.2) is 42.0 Å². The molecule has 1 unspecified atom stereocenters. The maximum Gasteiger partial charge on any atom is 0.260 e. The number of hydrogen-bond donors (Lipinski definition) is 3. The zero-order valence-electron chi connectivity index (χ0n) is 28.4. The summed E-state index contributed by atoms with van der Waals surface area (Å²) in [6.07, 6.45) is 3.70. The third-order valence-electron chi connectivity index (χ3n) is 8.18. The normalized spacial score (nSPS) is 15.8. The van der Waals surface area contributed by atoms with E-state index in [-0.39, 0.29) is 23.3 Å². The van der Waals surface area contributed by atoms with Gasteiger partial charge in [0, 0.05) is 18.0 Å². The van der Waals surface area contributed by atoms with Crippen molar-refractivity contribution in [2.45, 2.75) is 117 Å². The Kier molecular flexibility index (Phi) is 14.1. The summed E-state index contributed by atoms with van der Waals surface area (Å²) in [6.45, 7) is 18.6. The van der Waals surface area contributed by atoms with Gasteiger partial charge in [0.1, 0.15) is 6.04 Å². The van der Waals surface area contributed by atoms with Crippen LogP contribution in [-0.2, 0) is 29.8 Å². The Morgan fingerprint density at radius 1 is 0.977 bits per heavy atom. The van der Waals surface area contributed by atoms with Crippen LogP contribution in [-0.4, -0.2) is 68.5 Å². The SMILES string of the molecule is CCCCC(C)S(=O)(=O)NC(=O)/C(C)=C/[C@H](C(C)C)N(C)C(=O)[C@@H](NC(=O)[C@@H](NC)C(C)(C)c1ccccc1)C(C)(C)C. The van der Waals surface area contributed by atoms with Gasteiger partial charge in [-0.15, -0.1) is 0 Å². The van der Waals surface area contributed by atoms with Gasteiger partial charge in [0.15, 0.2) is 0 Å². The zero-order chi connectivity index (χ0) is 33.3. The molecule has 1 aromatic rings. The predicted molar refractivity (Wildman–Crippen MR) is 175 cm³/mol. The average Bonchev–Trinajstić information content (AvgIpc) is 2.91. The molecule has 1 aromatic carbocycles. The van der Waals surface area contributed by atoms with Gasteiger partial charge >= 0.3 is 0 Å². The molecular formula is C33H56N4O5S. The fourth-order valence-corrected chi connectivity index (χ4v) is 6.22. The average molecular weight is 621 g/mol. The molecule has 1 rings (SSSR count). The van der Waals surface area contributed by atoms with Gasteiger partial charge in [-0.3, -0.25) is 14.4 Å². The largest absolute Gasteiger partial charge is 0.342 e. The molecule has 0 fully saturated rings. The van der Waals surface area contributed by atoms with Crippen LogP contribution in [0.25, 0.3) is 0 Å². The molecule has 3 amide bonds. The van der Waals surface area contributed by atoms with E-state index in [1.807, 2.05) is 85.7 Å². The number of likely N-dealkylation sites (N-methyl/N-ethyl adjacent to an activating group) is 2. The molecule has 0 bridgehead atoms. The van der Waals surface area contributed by atoms with E-state index in [0.717, 1.165) is 18.4 Å². The van der Waals surface area contributed by atoms with Gasteiger partial charge in [0.05, 0.1) is 17.3 Å². The molecule has 0 aromatic heterocycles. The molecule has 0 saturated heterocycles. The van der Waals surface area contributed by atoms with Gasteiger partial charge in [-0.2, -0.15) is 0 Å². The van der Waals surface area contributed by atoms with Crippen LogP contribution in [0.4, 0.5) is 0 Å². The van der Waals surface area contributed by atoms with E-state index in [1.165, 1.54) is 4.90 Å². The molecular weight excluding hydrogens is 564 g/mol. The number of benzene rings is 1. The van der Waals surface area contributed by atoms with Crippen molar-refractivity contribution < 1.29 is 22.8 Å². The standard InChI is InChI=1S/C33H56N4O5S/c1-13-14-18-24(5)43(41,42)36-29(38)23(4)21-26(22(2)3)37(12)31(40)28(32(6,7)8)35-30(39)27(34-11)33(9,10)25-19-16-15-17-20-25/h15-17,19-22,24,26-28,34H,13-14,18H2,1-12H3,(H,35,39)(H,36,38)/b23-21+/t24?,26-,27-,28-/m1/s1. The molecule has 43 heavy (non-hydrogen) atoms. The zero-order valence-corrected chi connectivity index (χ0v) is 29.2. The molecule has 3 N–H and O–H groups in total. The Morgan fingerprint density at radius 2 is 1.53 bits per heavy atom. The number of carbonyl (C=O) groups is 3. The summed E-state index contributed by atoms with van der Waals surface area (Å²) in [4.78, 5) is 42.2. The van der Waals surface area contributed by atoms with Crippen molar-refractivity contribution in [3.8, 4) is 0 Å². The van der Waals surface area contributed by atoms with Crippen molar-refractivity contribution in [2.24, 2.45) is 11.3 Å². The van der Waals surface area contributed by atoms with Gasteiger partial charge in [0.25, 0.3) is 5.91 Å². The summed E-state index contributed by atoms with van der Waals surface area (Å²) in [5.41, 5.74) is -0.0163. The second-order valence-corrected chi connectivity index (χ2v) is 15.7. The monoisotopic (exact) mass is 620 g/mol. The molecule has 9 nitrogen and oxygen atoms in total. The van der Waals surface area contributed by atoms with Crippen LogP contribution in [0.1, 0.15) is 94.1 Å². The molecule has 244 valence electrons. The molecule has 0 heterocycles. The van der Waals surface area contributed by atoms with Crippen LogP contribution < -0.4 is 15.4 Å². The van der Waals surface area contributed by atoms with Gasteiger partial charge in [0.2, 0.25) is 21.8 Å². The van der Waals surface area contributed by atoms with Crippen molar-refractivity contribution in [2.75, 3.05) is 14.1 Å². The molecule has 0 aliphatic carbocycles. The first kappa shape index (κ1) is 38.3. The highest BCUT2D eigenvalue weighted by atomic mass is 32.2. The van der Waals surface area contributed by atoms with Crippen LogP contribution >= 0.6 is 0 Å². The van der Waals surface area contributed by atoms with E-state index in [9.17, 15) is 22.8 Å². The lowest BCUT2D eigenvalue weighted by atomic mass is 9.76. The van der Waals surface area contributed by atoms with E-state index in [2.05, 4.69) is 15.4 Å². The van der Waals surface area contributed by atoms with Gasteiger partial charge in [-0.05, 0) is 44.2 Å². The van der Waals surface area contributed by atoms with E-state index in [0.29, 0.717) is 6.42 Å². The summed E-state index contributed by atoms with van der Waals surface area (Å²) >= 11 is 0. The number of nitrogens with one attached hydrogen (secondary N) is 3. The molecule has 0 radical (unpaired) electrons. The summed E-state index contributed by atoms with van der Waals surface area (Å²) in [7, 11) is -0.458. The van der Waals surface area contributed by atoms with Crippen molar-refractivity contribution in [1.82, 2.24) is 20.3 Å². The fourth-order valence-electron chi connectivity index (χ4n) is 5.12. The molecule has 10 heteroatoms. The lowest BCUT2D eigenvalue weighted by Gasteiger charge is -2.40. The number of unbranched alkanes of at least 4 members (excludes halogenated alkanes) is 1. The van der Waals surface area contributed by atoms with E-state index < -0.39 is 50.1 Å². The van der Waals surface area contributed by atoms with E-state index >= 15 is 0 Å². The van der Waals surface area contributed by atoms with Gasteiger partial charge in [-0.25, -0.2) is 13.1 Å². The summed E-state index contributed by atoms with van der Waals surface area (Å²) in [6, 6.07) is 7.74. The molecule has 0 aliphatic rings. The number of carbonyl (C=O) groups excluding carboxylic acids is 3. The Balaban J connectivity index is 3.28. The van der Waals surface area contributed by atoms with E-state index in [4.69, 9.17) is 0 Å². The smallest absolute Gasteiger partial charge is 0.260 e. The van der Waals surface area contributed by atoms with E-state index in [1.54, 1.807) is 34.0 Å². The van der Waals surface area contributed by atoms with Crippen LogP contribution in [0.5, 0.6) is 0 Å². The first-order valence-corrected chi connectivity index (χ1v) is 16.8. The summed E-state index contributed by atoms with van der Waals surface area (Å²) in [5.74, 6) is -1.42. The number of sulfonamides is 1. The minimum Gasteiger partial charge on any atom is -0.342 e. The number of amides is 3. The maximum atomic E-state index is 14.0. The third kappa shape index (κ3) is 10.4. The second-order valence-electron chi connectivity index (χ2n) is 13.6. The van der Waals surface area contributed by atoms with Crippen LogP contribution in [0.3, 0.4) is 0 Å². The van der Waals surface area contributed by atoms with Crippen LogP contribution in [0, 0.1) is 11.3 Å². The van der Waals surface area contributed by atoms with Crippen molar-refractivity contribution in [1.29, 1.82) is 0 Å². The Bertz CT molecular complexity index is 1220. The summed E-state index contributed by atoms with van der Waals surface area (Å²) in [5, 5.41) is 5.47. The third-order valence-corrected chi connectivity index (χ3v) is 9.94. The number of nitrogens with zero attached hydrogens (tertiary/aromatic N) is 1. The summed E-state index contributed by atoms with van der Waals surface area (Å²) < 4.78 is 27.6. The maximum absolute atomic E-state index is 14.0. The molecule has 0 spiro atoms. The molecule has 0 aliphatic heterocycles. The molecule has 4 atom stereocenters. The topological polar surface area (TPSA) is 125 Å². The van der Waals surface area contributed by atoms with Crippen molar-refractivity contribution >= 4 is 27.7 Å². The Hall–Kier alpha value is -2.72. The Morgan fingerprint density at radius 3 is 2.00 bits per heavy atom. The fraction of sp³-hybridized carbons (Fsp3) is 0.667. The minimum absolute atomic E-state index is 0.102. The van der Waals surface area contributed by atoms with Gasteiger partial charge < -0.3 is 15.5 Å². The molecule has 0 saturated carbocycles. The number of hydrogen-bond acceptors (Lipinski definition) is 6. The predicted octanol–water partition coefficient (Wildman–Crippen LogP) is 4.54. The van der Waals surface area contributed by atoms with Crippen molar-refractivity contribution in [3.63, 3.8) is 0 Å². The lowest BCUT2D eigenvalue weighted by molar-refractivity contribution is -0.140. The lowest BCUT2D eigenvalue weighted by Crippen LogP contribution is -2.61. The van der Waals surface area contributed by atoms with Crippen molar-refractivity contribution in [3.05, 3.63) is 47.5 Å². The highest BCUT2D eigenvalue weighted by Gasteiger charge is 2.41. The minimum atomic E-state index is -3.83. The Labute approximate surface area is 260 Å². The van der Waals surface area contributed by atoms with Crippen LogP contribution in [0.2, 0.25) is 0 Å². The first-order valence-electron chi connectivity index (χ1n) is 15.3. The first-order chi connectivity index (χ1) is 19.7. The van der Waals surface area contributed by atoms with Gasteiger partial charge in [-0.1, -0.05) is 105 Å². The quantitative estimate of drug-likeness (QED) is 0.248. The highest BCUT2D eigenvalue weighted by molar-refractivity contribution is 7.90. The number of rotatable bonds is 15.